The number of ether oxygens (including phenoxy) is 1. The van der Waals surface area contributed by atoms with E-state index in [4.69, 9.17) is 11.6 Å². The number of carbonyl (C=O) groups excluding carboxylic acids is 1. The fourth-order valence-corrected chi connectivity index (χ4v) is 1.41. The molecule has 1 N–H and O–H groups in total. The molecule has 0 aliphatic carbocycles. The van der Waals surface area contributed by atoms with Gasteiger partial charge in [-0.25, -0.2) is 9.78 Å². The molecule has 1 atom stereocenters. The van der Waals surface area contributed by atoms with Crippen molar-refractivity contribution in [1.29, 1.82) is 0 Å². The molecular weight excluding hydrogens is 275 g/mol. The van der Waals surface area contributed by atoms with Crippen molar-refractivity contribution in [2.45, 2.75) is 19.2 Å². The van der Waals surface area contributed by atoms with E-state index in [2.05, 4.69) is 9.72 Å². The lowest BCUT2D eigenvalue weighted by molar-refractivity contribution is -0.153. The molecule has 1 aromatic rings. The number of aliphatic hydroxyl groups is 1. The Kier molecular flexibility index (Phi) is 4.53. The second kappa shape index (κ2) is 5.53. The van der Waals surface area contributed by atoms with Gasteiger partial charge in [0.15, 0.2) is 6.10 Å². The molecule has 1 unspecified atom stereocenters. The summed E-state index contributed by atoms with van der Waals surface area (Å²) in [5.41, 5.74) is -1.43. The first-order valence-corrected chi connectivity index (χ1v) is 5.23. The summed E-state index contributed by atoms with van der Waals surface area (Å²) in [6.45, 7) is 1.55. The molecule has 0 radical (unpaired) electrons. The SMILES string of the molecule is CCOC(=O)C(O)c1ccc(C(F)(F)F)nc1Cl. The van der Waals surface area contributed by atoms with E-state index in [-0.39, 0.29) is 12.2 Å². The quantitative estimate of drug-likeness (QED) is 0.683. The van der Waals surface area contributed by atoms with Crippen LogP contribution in [0.1, 0.15) is 24.3 Å². The van der Waals surface area contributed by atoms with Crippen molar-refractivity contribution in [2.24, 2.45) is 0 Å². The Bertz CT molecular complexity index is 450. The normalized spacial score (nSPS) is 13.2. The predicted octanol–water partition coefficient (Wildman–Crippen LogP) is 2.35. The molecule has 0 bridgehead atoms. The number of hydrogen-bond acceptors (Lipinski definition) is 4. The maximum absolute atomic E-state index is 12.3. The Balaban J connectivity index is 3.02. The minimum absolute atomic E-state index is 0.0293. The number of rotatable bonds is 3. The van der Waals surface area contributed by atoms with E-state index >= 15 is 0 Å². The highest BCUT2D eigenvalue weighted by Gasteiger charge is 2.34. The first kappa shape index (κ1) is 14.7. The van der Waals surface area contributed by atoms with E-state index in [0.717, 1.165) is 6.07 Å². The fraction of sp³-hybridized carbons (Fsp3) is 0.400. The van der Waals surface area contributed by atoms with E-state index < -0.39 is 29.1 Å². The van der Waals surface area contributed by atoms with Gasteiger partial charge in [-0.2, -0.15) is 13.2 Å². The number of hydrogen-bond donors (Lipinski definition) is 1. The smallest absolute Gasteiger partial charge is 0.433 e. The standard InChI is InChI=1S/C10H9ClF3NO3/c1-2-18-9(17)7(16)5-3-4-6(10(12,13)14)15-8(5)11/h3-4,7,16H,2H2,1H3. The lowest BCUT2D eigenvalue weighted by Crippen LogP contribution is -2.17. The number of carbonyl (C=O) groups is 1. The Hall–Kier alpha value is -1.34. The Morgan fingerprint density at radius 1 is 1.56 bits per heavy atom. The third kappa shape index (κ3) is 3.33. The largest absolute Gasteiger partial charge is 0.464 e. The lowest BCUT2D eigenvalue weighted by Gasteiger charge is -2.12. The summed E-state index contributed by atoms with van der Waals surface area (Å²) in [5.74, 6) is -0.999. The van der Waals surface area contributed by atoms with Gasteiger partial charge < -0.3 is 9.84 Å². The zero-order valence-corrected chi connectivity index (χ0v) is 9.92. The average molecular weight is 284 g/mol. The van der Waals surface area contributed by atoms with Crippen LogP contribution >= 0.6 is 11.6 Å². The molecule has 1 heterocycles. The van der Waals surface area contributed by atoms with Crippen LogP contribution in [0.5, 0.6) is 0 Å². The molecule has 1 aromatic heterocycles. The third-order valence-electron chi connectivity index (χ3n) is 1.97. The van der Waals surface area contributed by atoms with Gasteiger partial charge in [0.05, 0.1) is 6.61 Å². The summed E-state index contributed by atoms with van der Waals surface area (Å²) in [6.07, 6.45) is -6.40. The van der Waals surface area contributed by atoms with Gasteiger partial charge in [-0.05, 0) is 13.0 Å². The van der Waals surface area contributed by atoms with Crippen molar-refractivity contribution in [3.8, 4) is 0 Å². The molecule has 18 heavy (non-hydrogen) atoms. The molecule has 1 rings (SSSR count). The van der Waals surface area contributed by atoms with Crippen LogP contribution in [-0.4, -0.2) is 22.7 Å². The number of esters is 1. The van der Waals surface area contributed by atoms with Crippen LogP contribution in [0.15, 0.2) is 12.1 Å². The first-order chi connectivity index (χ1) is 8.27. The van der Waals surface area contributed by atoms with Crippen molar-refractivity contribution in [1.82, 2.24) is 4.98 Å². The maximum Gasteiger partial charge on any atom is 0.433 e. The highest BCUT2D eigenvalue weighted by molar-refractivity contribution is 6.30. The molecule has 100 valence electrons. The molecular formula is C10H9ClF3NO3. The molecule has 0 saturated heterocycles. The summed E-state index contributed by atoms with van der Waals surface area (Å²) >= 11 is 5.50. The summed E-state index contributed by atoms with van der Waals surface area (Å²) in [7, 11) is 0. The van der Waals surface area contributed by atoms with Gasteiger partial charge in [0, 0.05) is 5.56 Å². The van der Waals surface area contributed by atoms with Crippen LogP contribution in [0, 0.1) is 0 Å². The summed E-state index contributed by atoms with van der Waals surface area (Å²) in [6, 6.07) is 1.52. The molecule has 0 fully saturated rings. The maximum atomic E-state index is 12.3. The molecule has 8 heteroatoms. The fourth-order valence-electron chi connectivity index (χ4n) is 1.16. The average Bonchev–Trinajstić information content (AvgIpc) is 2.27. The van der Waals surface area contributed by atoms with Crippen molar-refractivity contribution in [3.63, 3.8) is 0 Å². The molecule has 4 nitrogen and oxygen atoms in total. The molecule has 0 amide bonds. The minimum atomic E-state index is -4.64. The van der Waals surface area contributed by atoms with Gasteiger partial charge in [0.1, 0.15) is 10.8 Å². The predicted molar refractivity (Wildman–Crippen MR) is 55.8 cm³/mol. The highest BCUT2D eigenvalue weighted by Crippen LogP contribution is 2.31. The van der Waals surface area contributed by atoms with Crippen molar-refractivity contribution >= 4 is 17.6 Å². The van der Waals surface area contributed by atoms with E-state index in [1.54, 1.807) is 0 Å². The van der Waals surface area contributed by atoms with Gasteiger partial charge >= 0.3 is 12.1 Å². The van der Waals surface area contributed by atoms with Gasteiger partial charge in [0.25, 0.3) is 0 Å². The number of aromatic nitrogens is 1. The zero-order chi connectivity index (χ0) is 13.9. The second-order valence-electron chi connectivity index (χ2n) is 3.23. The lowest BCUT2D eigenvalue weighted by atomic mass is 10.1. The molecule has 0 aliphatic heterocycles. The zero-order valence-electron chi connectivity index (χ0n) is 9.16. The van der Waals surface area contributed by atoms with Crippen molar-refractivity contribution in [2.75, 3.05) is 6.61 Å². The van der Waals surface area contributed by atoms with Gasteiger partial charge in [0.2, 0.25) is 0 Å². The van der Waals surface area contributed by atoms with Crippen LogP contribution in [0.3, 0.4) is 0 Å². The first-order valence-electron chi connectivity index (χ1n) is 4.85. The van der Waals surface area contributed by atoms with Crippen molar-refractivity contribution < 1.29 is 27.8 Å². The third-order valence-corrected chi connectivity index (χ3v) is 2.28. The number of nitrogens with zero attached hydrogens (tertiary/aromatic N) is 1. The van der Waals surface area contributed by atoms with E-state index in [9.17, 15) is 23.1 Å². The Morgan fingerprint density at radius 2 is 2.17 bits per heavy atom. The summed E-state index contributed by atoms with van der Waals surface area (Å²) in [4.78, 5) is 14.3. The molecule has 0 aliphatic rings. The van der Waals surface area contributed by atoms with Gasteiger partial charge in [-0.15, -0.1) is 0 Å². The second-order valence-corrected chi connectivity index (χ2v) is 3.59. The van der Waals surface area contributed by atoms with Crippen LogP contribution < -0.4 is 0 Å². The monoisotopic (exact) mass is 283 g/mol. The summed E-state index contributed by atoms with van der Waals surface area (Å²) < 4.78 is 41.4. The Labute approximate surface area is 105 Å². The topological polar surface area (TPSA) is 59.4 Å². The number of aliphatic hydroxyl groups excluding tert-OH is 1. The van der Waals surface area contributed by atoms with Crippen LogP contribution in [0.25, 0.3) is 0 Å². The van der Waals surface area contributed by atoms with Gasteiger partial charge in [-0.1, -0.05) is 17.7 Å². The van der Waals surface area contributed by atoms with Crippen LogP contribution in [0.4, 0.5) is 13.2 Å². The number of alkyl halides is 3. The van der Waals surface area contributed by atoms with Gasteiger partial charge in [-0.3, -0.25) is 0 Å². The van der Waals surface area contributed by atoms with E-state index in [1.165, 1.54) is 6.92 Å². The van der Waals surface area contributed by atoms with E-state index in [0.29, 0.717) is 6.07 Å². The minimum Gasteiger partial charge on any atom is -0.464 e. The van der Waals surface area contributed by atoms with Crippen LogP contribution in [-0.2, 0) is 15.7 Å². The Morgan fingerprint density at radius 3 is 2.61 bits per heavy atom. The molecule has 0 spiro atoms. The number of halogens is 4. The molecule has 0 aromatic carbocycles. The summed E-state index contributed by atoms with van der Waals surface area (Å²) in [5, 5.41) is 8.92. The number of pyridine rings is 1. The highest BCUT2D eigenvalue weighted by atomic mass is 35.5. The van der Waals surface area contributed by atoms with E-state index in [1.807, 2.05) is 0 Å². The molecule has 0 saturated carbocycles. The van der Waals surface area contributed by atoms with Crippen molar-refractivity contribution in [3.05, 3.63) is 28.5 Å². The van der Waals surface area contributed by atoms with Crippen LogP contribution in [0.2, 0.25) is 5.15 Å².